The van der Waals surface area contributed by atoms with Crippen molar-refractivity contribution in [1.82, 2.24) is 4.90 Å². The van der Waals surface area contributed by atoms with Gasteiger partial charge in [-0.3, -0.25) is 4.79 Å². The molecule has 0 aliphatic carbocycles. The smallest absolute Gasteiger partial charge is 0.410 e. The number of amides is 2. The molecule has 0 spiro atoms. The molecule has 0 radical (unpaired) electrons. The number of primary amides is 1. The fourth-order valence-corrected chi connectivity index (χ4v) is 4.17. The third kappa shape index (κ3) is 4.05. The molecule has 1 aromatic carbocycles. The van der Waals surface area contributed by atoms with Crippen LogP contribution in [0.25, 0.3) is 0 Å². The van der Waals surface area contributed by atoms with Crippen LogP contribution in [0.3, 0.4) is 0 Å². The molecule has 1 aliphatic heterocycles. The summed E-state index contributed by atoms with van der Waals surface area (Å²) >= 11 is 0. The second kappa shape index (κ2) is 6.43. The van der Waals surface area contributed by atoms with Crippen LogP contribution in [0.1, 0.15) is 37.6 Å². The number of carbonyl (C=O) groups excluding carboxylic acids is 2. The van der Waals surface area contributed by atoms with E-state index in [1.54, 1.807) is 20.8 Å². The largest absolute Gasteiger partial charge is 0.444 e. The van der Waals surface area contributed by atoms with E-state index in [-0.39, 0.29) is 17.0 Å². The van der Waals surface area contributed by atoms with E-state index in [4.69, 9.17) is 10.5 Å². The molecule has 1 fully saturated rings. The summed E-state index contributed by atoms with van der Waals surface area (Å²) in [6.07, 6.45) is -0.164. The number of hydrogen-bond acceptors (Lipinski definition) is 5. The molecule has 1 atom stereocenters. The minimum absolute atomic E-state index is 0.0921. The van der Waals surface area contributed by atoms with Crippen LogP contribution in [0.4, 0.5) is 4.79 Å². The summed E-state index contributed by atoms with van der Waals surface area (Å²) in [4.78, 5) is 24.6. The van der Waals surface area contributed by atoms with E-state index in [0.29, 0.717) is 13.0 Å². The third-order valence-electron chi connectivity index (χ3n) is 3.70. The van der Waals surface area contributed by atoms with Gasteiger partial charge in [-0.1, -0.05) is 0 Å². The van der Waals surface area contributed by atoms with Crippen molar-refractivity contribution in [2.75, 3.05) is 13.1 Å². The molecule has 132 valence electrons. The molecular formula is C16H22N2O5S. The zero-order valence-corrected chi connectivity index (χ0v) is 14.8. The van der Waals surface area contributed by atoms with Crippen LogP contribution in [0.15, 0.2) is 29.2 Å². The van der Waals surface area contributed by atoms with Crippen molar-refractivity contribution in [1.29, 1.82) is 0 Å². The lowest BCUT2D eigenvalue weighted by Crippen LogP contribution is -2.36. The van der Waals surface area contributed by atoms with Gasteiger partial charge in [-0.15, -0.1) is 0 Å². The molecular weight excluding hydrogens is 332 g/mol. The summed E-state index contributed by atoms with van der Waals surface area (Å²) in [5, 5.41) is -0.690. The summed E-state index contributed by atoms with van der Waals surface area (Å²) in [5.41, 5.74) is 4.77. The molecule has 0 saturated carbocycles. The molecule has 8 heteroatoms. The van der Waals surface area contributed by atoms with Crippen molar-refractivity contribution in [2.45, 2.75) is 42.9 Å². The molecule has 1 saturated heterocycles. The maximum atomic E-state index is 12.7. The highest BCUT2D eigenvalue weighted by Gasteiger charge is 2.37. The van der Waals surface area contributed by atoms with E-state index in [1.807, 2.05) is 0 Å². The average molecular weight is 354 g/mol. The van der Waals surface area contributed by atoms with Gasteiger partial charge in [-0.05, 0) is 51.5 Å². The number of rotatable bonds is 3. The molecule has 0 aromatic heterocycles. The van der Waals surface area contributed by atoms with Crippen LogP contribution >= 0.6 is 0 Å². The summed E-state index contributed by atoms with van der Waals surface area (Å²) in [6.45, 7) is 5.70. The molecule has 0 unspecified atom stereocenters. The normalized spacial score (nSPS) is 18.5. The fourth-order valence-electron chi connectivity index (χ4n) is 2.48. The molecule has 2 rings (SSSR count). The highest BCUT2D eigenvalue weighted by Crippen LogP contribution is 2.25. The first-order valence-electron chi connectivity index (χ1n) is 7.62. The van der Waals surface area contributed by atoms with E-state index >= 15 is 0 Å². The first-order chi connectivity index (χ1) is 11.0. The molecule has 7 nitrogen and oxygen atoms in total. The Hall–Kier alpha value is -2.09. The van der Waals surface area contributed by atoms with Crippen LogP contribution in [-0.4, -0.2) is 49.3 Å². The van der Waals surface area contributed by atoms with Crippen molar-refractivity contribution >= 4 is 21.8 Å². The zero-order valence-electron chi connectivity index (χ0n) is 14.0. The second-order valence-electron chi connectivity index (χ2n) is 6.77. The Balaban J connectivity index is 2.11. The molecule has 0 bridgehead atoms. The van der Waals surface area contributed by atoms with Gasteiger partial charge in [0, 0.05) is 18.7 Å². The summed E-state index contributed by atoms with van der Waals surface area (Å²) < 4.78 is 30.6. The second-order valence-corrected chi connectivity index (χ2v) is 9.00. The number of nitrogens with two attached hydrogens (primary N) is 1. The Labute approximate surface area is 141 Å². The van der Waals surface area contributed by atoms with Crippen LogP contribution in [0, 0.1) is 0 Å². The van der Waals surface area contributed by atoms with Gasteiger partial charge in [0.2, 0.25) is 5.91 Å². The number of sulfone groups is 1. The molecule has 1 heterocycles. The number of hydrogen-bond donors (Lipinski definition) is 1. The SMILES string of the molecule is CC(C)(C)OC(=O)N1CC[C@@H](S(=O)(=O)c2ccc(C(N)=O)cc2)C1. The Bertz CT molecular complexity index is 735. The Morgan fingerprint density at radius 1 is 1.21 bits per heavy atom. The first kappa shape index (κ1) is 18.3. The van der Waals surface area contributed by atoms with Crippen molar-refractivity contribution in [3.8, 4) is 0 Å². The van der Waals surface area contributed by atoms with Gasteiger partial charge >= 0.3 is 6.09 Å². The lowest BCUT2D eigenvalue weighted by atomic mass is 10.2. The van der Waals surface area contributed by atoms with E-state index in [2.05, 4.69) is 0 Å². The van der Waals surface area contributed by atoms with Crippen molar-refractivity contribution in [2.24, 2.45) is 5.73 Å². The fraction of sp³-hybridized carbons (Fsp3) is 0.500. The third-order valence-corrected chi connectivity index (χ3v) is 5.89. The lowest BCUT2D eigenvalue weighted by molar-refractivity contribution is 0.0295. The number of likely N-dealkylation sites (tertiary alicyclic amines) is 1. The number of benzene rings is 1. The van der Waals surface area contributed by atoms with Crippen LogP contribution < -0.4 is 5.73 Å². The quantitative estimate of drug-likeness (QED) is 0.886. The van der Waals surface area contributed by atoms with Gasteiger partial charge in [-0.2, -0.15) is 0 Å². The topological polar surface area (TPSA) is 107 Å². The molecule has 2 N–H and O–H groups in total. The summed E-state index contributed by atoms with van der Waals surface area (Å²) in [7, 11) is -3.59. The Morgan fingerprint density at radius 3 is 2.29 bits per heavy atom. The summed E-state index contributed by atoms with van der Waals surface area (Å²) in [6, 6.07) is 5.50. The minimum Gasteiger partial charge on any atom is -0.444 e. The summed E-state index contributed by atoms with van der Waals surface area (Å²) in [5.74, 6) is -0.615. The minimum atomic E-state index is -3.59. The van der Waals surface area contributed by atoms with Crippen molar-refractivity contribution in [3.05, 3.63) is 29.8 Å². The van der Waals surface area contributed by atoms with Crippen molar-refractivity contribution in [3.63, 3.8) is 0 Å². The standard InChI is InChI=1S/C16H22N2O5S/c1-16(2,3)23-15(20)18-9-8-13(10-18)24(21,22)12-6-4-11(5-7-12)14(17)19/h4-7,13H,8-10H2,1-3H3,(H2,17,19)/t13-/m1/s1. The van der Waals surface area contributed by atoms with E-state index in [9.17, 15) is 18.0 Å². The first-order valence-corrected chi connectivity index (χ1v) is 9.17. The maximum Gasteiger partial charge on any atom is 0.410 e. The molecule has 1 aliphatic rings. The number of carbonyl (C=O) groups is 2. The van der Waals surface area contributed by atoms with Crippen LogP contribution in [0.5, 0.6) is 0 Å². The predicted molar refractivity (Wildman–Crippen MR) is 88.4 cm³/mol. The monoisotopic (exact) mass is 354 g/mol. The highest BCUT2D eigenvalue weighted by molar-refractivity contribution is 7.92. The lowest BCUT2D eigenvalue weighted by Gasteiger charge is -2.24. The highest BCUT2D eigenvalue weighted by atomic mass is 32.2. The Kier molecular flexibility index (Phi) is 4.89. The van der Waals surface area contributed by atoms with Gasteiger partial charge < -0.3 is 15.4 Å². The van der Waals surface area contributed by atoms with E-state index in [1.165, 1.54) is 29.2 Å². The molecule has 1 aromatic rings. The zero-order chi connectivity index (χ0) is 18.1. The average Bonchev–Trinajstić information content (AvgIpc) is 2.96. The predicted octanol–water partition coefficient (Wildman–Crippen LogP) is 1.57. The maximum absolute atomic E-state index is 12.7. The van der Waals surface area contributed by atoms with Gasteiger partial charge in [0.05, 0.1) is 10.1 Å². The van der Waals surface area contributed by atoms with Crippen LogP contribution in [0.2, 0.25) is 0 Å². The molecule has 24 heavy (non-hydrogen) atoms. The van der Waals surface area contributed by atoms with E-state index in [0.717, 1.165) is 0 Å². The van der Waals surface area contributed by atoms with Gasteiger partial charge in [0.15, 0.2) is 9.84 Å². The number of ether oxygens (including phenoxy) is 1. The Morgan fingerprint density at radius 2 is 1.79 bits per heavy atom. The number of nitrogens with zero attached hydrogens (tertiary/aromatic N) is 1. The van der Waals surface area contributed by atoms with E-state index < -0.39 is 32.7 Å². The van der Waals surface area contributed by atoms with Crippen molar-refractivity contribution < 1.29 is 22.7 Å². The van der Waals surface area contributed by atoms with Crippen LogP contribution in [-0.2, 0) is 14.6 Å². The van der Waals surface area contributed by atoms with Gasteiger partial charge in [-0.25, -0.2) is 13.2 Å². The van der Waals surface area contributed by atoms with Gasteiger partial charge in [0.25, 0.3) is 0 Å². The van der Waals surface area contributed by atoms with Gasteiger partial charge in [0.1, 0.15) is 5.60 Å². The molecule has 2 amide bonds.